The van der Waals surface area contributed by atoms with Gasteiger partial charge in [0.2, 0.25) is 10.0 Å². The van der Waals surface area contributed by atoms with Crippen LogP contribution in [0.2, 0.25) is 0 Å². The van der Waals surface area contributed by atoms with Gasteiger partial charge in [-0.2, -0.15) is 0 Å². The number of thiophene rings is 1. The van der Waals surface area contributed by atoms with Gasteiger partial charge < -0.3 is 5.73 Å². The van der Waals surface area contributed by atoms with Crippen LogP contribution in [-0.4, -0.2) is 20.0 Å². The zero-order valence-corrected chi connectivity index (χ0v) is 12.9. The van der Waals surface area contributed by atoms with E-state index in [0.29, 0.717) is 17.3 Å². The lowest BCUT2D eigenvalue weighted by atomic mass is 10.1. The predicted molar refractivity (Wildman–Crippen MR) is 79.5 cm³/mol. The summed E-state index contributed by atoms with van der Waals surface area (Å²) in [5.74, 6) is 0.581. The van der Waals surface area contributed by atoms with E-state index < -0.39 is 10.0 Å². The molecule has 4 nitrogen and oxygen atoms in total. The third-order valence-electron chi connectivity index (χ3n) is 2.34. The van der Waals surface area contributed by atoms with Crippen molar-refractivity contribution in [3.8, 4) is 0 Å². The number of hydrogen-bond donors (Lipinski definition) is 2. The van der Waals surface area contributed by atoms with E-state index in [0.717, 1.165) is 24.2 Å². The summed E-state index contributed by atoms with van der Waals surface area (Å²) >= 11 is 5.90. The molecule has 18 heavy (non-hydrogen) atoms. The molecule has 0 saturated heterocycles. The standard InChI is InChI=1S/C11H18N2O2S3/c1-8(2)4-3-7-13-18(14,15)10-6-5-9(17-10)11(12)16/h5-6,8,13H,3-4,7H2,1-2H3,(H2,12,16). The van der Waals surface area contributed by atoms with Crippen LogP contribution < -0.4 is 10.5 Å². The predicted octanol–water partition coefficient (Wildman–Crippen LogP) is 2.10. The van der Waals surface area contributed by atoms with E-state index in [4.69, 9.17) is 18.0 Å². The van der Waals surface area contributed by atoms with Crippen molar-refractivity contribution in [2.45, 2.75) is 30.9 Å². The smallest absolute Gasteiger partial charge is 0.250 e. The fraction of sp³-hybridized carbons (Fsp3) is 0.545. The summed E-state index contributed by atoms with van der Waals surface area (Å²) < 4.78 is 26.7. The average molecular weight is 306 g/mol. The van der Waals surface area contributed by atoms with Crippen LogP contribution in [0.1, 0.15) is 31.6 Å². The Hall–Kier alpha value is -0.500. The molecule has 102 valence electrons. The lowest BCUT2D eigenvalue weighted by Gasteiger charge is -2.06. The van der Waals surface area contributed by atoms with Gasteiger partial charge in [-0.3, -0.25) is 0 Å². The zero-order chi connectivity index (χ0) is 13.8. The van der Waals surface area contributed by atoms with Crippen molar-refractivity contribution in [2.24, 2.45) is 11.7 Å². The van der Waals surface area contributed by atoms with E-state index in [9.17, 15) is 8.42 Å². The minimum Gasteiger partial charge on any atom is -0.389 e. The normalized spacial score (nSPS) is 11.9. The van der Waals surface area contributed by atoms with Crippen molar-refractivity contribution in [3.05, 3.63) is 17.0 Å². The minimum atomic E-state index is -3.42. The van der Waals surface area contributed by atoms with E-state index in [2.05, 4.69) is 18.6 Å². The molecule has 1 heterocycles. The quantitative estimate of drug-likeness (QED) is 0.598. The van der Waals surface area contributed by atoms with Gasteiger partial charge in [-0.15, -0.1) is 11.3 Å². The summed E-state index contributed by atoms with van der Waals surface area (Å²) in [6.07, 6.45) is 1.84. The number of rotatable bonds is 7. The fourth-order valence-corrected chi connectivity index (χ4v) is 3.85. The van der Waals surface area contributed by atoms with Crippen molar-refractivity contribution >= 4 is 38.6 Å². The Bertz CT molecular complexity index is 506. The van der Waals surface area contributed by atoms with Gasteiger partial charge in [0.15, 0.2) is 0 Å². The number of nitrogens with one attached hydrogen (secondary N) is 1. The lowest BCUT2D eigenvalue weighted by molar-refractivity contribution is 0.540. The number of hydrogen-bond acceptors (Lipinski definition) is 4. The topological polar surface area (TPSA) is 72.2 Å². The first kappa shape index (κ1) is 15.6. The van der Waals surface area contributed by atoms with Crippen molar-refractivity contribution < 1.29 is 8.42 Å². The minimum absolute atomic E-state index is 0.223. The summed E-state index contributed by atoms with van der Waals surface area (Å²) in [6, 6.07) is 3.17. The number of sulfonamides is 1. The van der Waals surface area contributed by atoms with Gasteiger partial charge in [0.05, 0.1) is 4.88 Å². The van der Waals surface area contributed by atoms with Gasteiger partial charge in [-0.05, 0) is 30.9 Å². The van der Waals surface area contributed by atoms with Gasteiger partial charge in [0, 0.05) is 6.54 Å². The van der Waals surface area contributed by atoms with Crippen molar-refractivity contribution in [1.29, 1.82) is 0 Å². The van der Waals surface area contributed by atoms with Crippen LogP contribution in [0.25, 0.3) is 0 Å². The highest BCUT2D eigenvalue weighted by molar-refractivity contribution is 7.91. The Morgan fingerprint density at radius 1 is 1.50 bits per heavy atom. The van der Waals surface area contributed by atoms with Gasteiger partial charge in [0.1, 0.15) is 9.20 Å². The molecule has 0 atom stereocenters. The summed E-state index contributed by atoms with van der Waals surface area (Å²) in [6.45, 7) is 4.69. The average Bonchev–Trinajstić information content (AvgIpc) is 2.74. The first-order valence-electron chi connectivity index (χ1n) is 5.72. The number of nitrogens with two attached hydrogens (primary N) is 1. The highest BCUT2D eigenvalue weighted by atomic mass is 32.2. The molecule has 7 heteroatoms. The molecule has 0 bridgehead atoms. The molecular weight excluding hydrogens is 288 g/mol. The van der Waals surface area contributed by atoms with E-state index in [-0.39, 0.29) is 9.20 Å². The molecule has 0 radical (unpaired) electrons. The molecule has 0 fully saturated rings. The molecular formula is C11H18N2O2S3. The lowest BCUT2D eigenvalue weighted by Crippen LogP contribution is -2.24. The maximum absolute atomic E-state index is 11.9. The summed E-state index contributed by atoms with van der Waals surface area (Å²) in [4.78, 5) is 0.841. The van der Waals surface area contributed by atoms with E-state index >= 15 is 0 Å². The third-order valence-corrected chi connectivity index (χ3v) is 5.76. The molecule has 0 unspecified atom stereocenters. The largest absolute Gasteiger partial charge is 0.389 e. The zero-order valence-electron chi connectivity index (χ0n) is 10.5. The molecule has 0 amide bonds. The molecule has 0 saturated carbocycles. The maximum Gasteiger partial charge on any atom is 0.250 e. The molecule has 1 rings (SSSR count). The monoisotopic (exact) mass is 306 g/mol. The molecule has 3 N–H and O–H groups in total. The first-order chi connectivity index (χ1) is 8.33. The SMILES string of the molecule is CC(C)CCCNS(=O)(=O)c1ccc(C(N)=S)s1. The van der Waals surface area contributed by atoms with Crippen LogP contribution in [0.15, 0.2) is 16.3 Å². The number of thiocarbonyl (C=S) groups is 1. The highest BCUT2D eigenvalue weighted by Crippen LogP contribution is 2.21. The second-order valence-electron chi connectivity index (χ2n) is 4.42. The van der Waals surface area contributed by atoms with Crippen molar-refractivity contribution in [1.82, 2.24) is 4.72 Å². The van der Waals surface area contributed by atoms with Gasteiger partial charge in [-0.25, -0.2) is 13.1 Å². The molecule has 0 spiro atoms. The Morgan fingerprint density at radius 3 is 2.67 bits per heavy atom. The van der Waals surface area contributed by atoms with E-state index in [1.165, 1.54) is 6.07 Å². The Morgan fingerprint density at radius 2 is 2.17 bits per heavy atom. The van der Waals surface area contributed by atoms with Crippen LogP contribution in [0.3, 0.4) is 0 Å². The molecule has 0 aliphatic heterocycles. The van der Waals surface area contributed by atoms with E-state index in [1.54, 1.807) is 6.07 Å². The Labute approximate surface area is 118 Å². The van der Waals surface area contributed by atoms with Crippen molar-refractivity contribution in [2.75, 3.05) is 6.54 Å². The van der Waals surface area contributed by atoms with Crippen LogP contribution in [0.4, 0.5) is 0 Å². The Balaban J connectivity index is 2.60. The fourth-order valence-electron chi connectivity index (χ4n) is 1.38. The molecule has 1 aromatic heterocycles. The summed E-state index contributed by atoms with van der Waals surface area (Å²) in [7, 11) is -3.42. The molecule has 1 aromatic rings. The summed E-state index contributed by atoms with van der Waals surface area (Å²) in [5, 5.41) is 0. The maximum atomic E-state index is 11.9. The van der Waals surface area contributed by atoms with Gasteiger partial charge >= 0.3 is 0 Å². The summed E-state index contributed by atoms with van der Waals surface area (Å²) in [5.41, 5.74) is 5.45. The molecule has 0 aliphatic carbocycles. The highest BCUT2D eigenvalue weighted by Gasteiger charge is 2.16. The van der Waals surface area contributed by atoms with Crippen LogP contribution >= 0.6 is 23.6 Å². The van der Waals surface area contributed by atoms with Gasteiger partial charge in [0.25, 0.3) is 0 Å². The molecule has 0 aliphatic rings. The van der Waals surface area contributed by atoms with Crippen LogP contribution in [-0.2, 0) is 10.0 Å². The van der Waals surface area contributed by atoms with Crippen LogP contribution in [0.5, 0.6) is 0 Å². The van der Waals surface area contributed by atoms with Crippen LogP contribution in [0, 0.1) is 5.92 Å². The van der Waals surface area contributed by atoms with Gasteiger partial charge in [-0.1, -0.05) is 26.1 Å². The first-order valence-corrected chi connectivity index (χ1v) is 8.43. The Kier molecular flexibility index (Phi) is 5.71. The van der Waals surface area contributed by atoms with E-state index in [1.807, 2.05) is 0 Å². The molecule has 0 aromatic carbocycles. The van der Waals surface area contributed by atoms with Crippen molar-refractivity contribution in [3.63, 3.8) is 0 Å². The third kappa shape index (κ3) is 4.64. The second kappa shape index (κ2) is 6.60. The second-order valence-corrected chi connectivity index (χ2v) is 7.93.